The molecular weight excluding hydrogens is 328 g/mol. The van der Waals surface area contributed by atoms with E-state index in [2.05, 4.69) is 56.3 Å². The molecule has 0 amide bonds. The van der Waals surface area contributed by atoms with Gasteiger partial charge in [-0.25, -0.2) is 0 Å². The molecule has 1 nitrogen and oxygen atoms in total. The lowest BCUT2D eigenvalue weighted by Gasteiger charge is -2.59. The molecule has 1 aromatic carbocycles. The molecule has 27 heavy (non-hydrogen) atoms. The van der Waals surface area contributed by atoms with E-state index in [4.69, 9.17) is 4.74 Å². The van der Waals surface area contributed by atoms with E-state index in [0.29, 0.717) is 16.9 Å². The van der Waals surface area contributed by atoms with Crippen molar-refractivity contribution in [2.24, 2.45) is 34.5 Å². The van der Waals surface area contributed by atoms with Crippen LogP contribution in [0.1, 0.15) is 70.8 Å². The van der Waals surface area contributed by atoms with E-state index in [0.717, 1.165) is 30.3 Å². The van der Waals surface area contributed by atoms with Crippen molar-refractivity contribution in [3.63, 3.8) is 0 Å². The van der Waals surface area contributed by atoms with Crippen molar-refractivity contribution in [3.8, 4) is 0 Å². The van der Waals surface area contributed by atoms with Crippen LogP contribution < -0.4 is 0 Å². The summed E-state index contributed by atoms with van der Waals surface area (Å²) in [6.45, 7) is 6.00. The zero-order chi connectivity index (χ0) is 18.5. The summed E-state index contributed by atoms with van der Waals surface area (Å²) >= 11 is 0. The summed E-state index contributed by atoms with van der Waals surface area (Å²) in [4.78, 5) is 0. The smallest absolute Gasteiger partial charge is 0.0720 e. The number of hydrogen-bond acceptors (Lipinski definition) is 1. The van der Waals surface area contributed by atoms with E-state index in [9.17, 15) is 0 Å². The molecular formula is C26H36O. The maximum atomic E-state index is 6.56. The molecule has 7 atom stereocenters. The molecule has 1 aromatic rings. The van der Waals surface area contributed by atoms with Crippen LogP contribution in [-0.4, -0.2) is 6.10 Å². The van der Waals surface area contributed by atoms with Gasteiger partial charge in [0.1, 0.15) is 0 Å². The Labute approximate surface area is 165 Å². The van der Waals surface area contributed by atoms with Crippen LogP contribution in [0.4, 0.5) is 0 Å². The minimum atomic E-state index is 0.406. The monoisotopic (exact) mass is 364 g/mol. The van der Waals surface area contributed by atoms with Gasteiger partial charge in [0.05, 0.1) is 12.7 Å². The second-order valence-corrected chi connectivity index (χ2v) is 10.5. The van der Waals surface area contributed by atoms with Crippen LogP contribution in [0.5, 0.6) is 0 Å². The number of allylic oxidation sites excluding steroid dienone is 2. The Kier molecular flexibility index (Phi) is 4.50. The second-order valence-electron chi connectivity index (χ2n) is 10.5. The molecule has 0 aliphatic heterocycles. The number of hydrogen-bond donors (Lipinski definition) is 0. The quantitative estimate of drug-likeness (QED) is 0.537. The van der Waals surface area contributed by atoms with Crippen LogP contribution in [0.25, 0.3) is 0 Å². The third kappa shape index (κ3) is 2.84. The molecule has 0 spiro atoms. The van der Waals surface area contributed by atoms with Gasteiger partial charge >= 0.3 is 0 Å². The third-order valence-electron chi connectivity index (χ3n) is 9.42. The van der Waals surface area contributed by atoms with Gasteiger partial charge in [-0.2, -0.15) is 0 Å². The SMILES string of the molecule is C[C@]12CC=CC[C@H]1CC[C@H]1[C@@H]2CC[C@]2(C)[C@@H](OCc3ccccc3)CC[C@@H]12. The van der Waals surface area contributed by atoms with Crippen molar-refractivity contribution in [1.82, 2.24) is 0 Å². The predicted molar refractivity (Wildman–Crippen MR) is 111 cm³/mol. The summed E-state index contributed by atoms with van der Waals surface area (Å²) in [5.41, 5.74) is 2.30. The predicted octanol–water partition coefficient (Wildman–Crippen LogP) is 6.78. The summed E-state index contributed by atoms with van der Waals surface area (Å²) in [6, 6.07) is 10.7. The Bertz CT molecular complexity index is 693. The molecule has 0 N–H and O–H groups in total. The van der Waals surface area contributed by atoms with Gasteiger partial charge in [0, 0.05) is 0 Å². The first-order chi connectivity index (χ1) is 13.1. The molecule has 3 fully saturated rings. The Balaban J connectivity index is 1.33. The first-order valence-electron chi connectivity index (χ1n) is 11.4. The molecule has 0 aromatic heterocycles. The molecule has 3 saturated carbocycles. The van der Waals surface area contributed by atoms with E-state index >= 15 is 0 Å². The first-order valence-corrected chi connectivity index (χ1v) is 11.4. The molecule has 4 aliphatic rings. The lowest BCUT2D eigenvalue weighted by molar-refractivity contribution is -0.124. The zero-order valence-electron chi connectivity index (χ0n) is 17.2. The van der Waals surface area contributed by atoms with Gasteiger partial charge in [0.15, 0.2) is 0 Å². The highest BCUT2D eigenvalue weighted by atomic mass is 16.5. The van der Waals surface area contributed by atoms with Gasteiger partial charge in [0.25, 0.3) is 0 Å². The van der Waals surface area contributed by atoms with Crippen LogP contribution in [0, 0.1) is 34.5 Å². The molecule has 4 aliphatic carbocycles. The van der Waals surface area contributed by atoms with Crippen molar-refractivity contribution in [1.29, 1.82) is 0 Å². The Morgan fingerprint density at radius 2 is 1.70 bits per heavy atom. The minimum Gasteiger partial charge on any atom is -0.373 e. The zero-order valence-corrected chi connectivity index (χ0v) is 17.2. The van der Waals surface area contributed by atoms with Crippen molar-refractivity contribution < 1.29 is 4.74 Å². The Hall–Kier alpha value is -1.08. The number of ether oxygens (including phenoxy) is 1. The van der Waals surface area contributed by atoms with E-state index in [-0.39, 0.29) is 0 Å². The van der Waals surface area contributed by atoms with E-state index in [1.165, 1.54) is 56.9 Å². The summed E-state index contributed by atoms with van der Waals surface area (Å²) in [5.74, 6) is 3.73. The minimum absolute atomic E-state index is 0.406. The first kappa shape index (κ1) is 18.0. The summed E-state index contributed by atoms with van der Waals surface area (Å²) in [5, 5.41) is 0. The normalized spacial score (nSPS) is 45.8. The van der Waals surface area contributed by atoms with Gasteiger partial charge < -0.3 is 4.74 Å². The van der Waals surface area contributed by atoms with Crippen LogP contribution in [0.3, 0.4) is 0 Å². The molecule has 146 valence electrons. The van der Waals surface area contributed by atoms with Crippen molar-refractivity contribution in [2.45, 2.75) is 77.9 Å². The fourth-order valence-electron chi connectivity index (χ4n) is 7.83. The van der Waals surface area contributed by atoms with Gasteiger partial charge in [0.2, 0.25) is 0 Å². The van der Waals surface area contributed by atoms with Crippen LogP contribution >= 0.6 is 0 Å². The summed E-state index contributed by atoms with van der Waals surface area (Å²) in [6.07, 6.45) is 16.5. The van der Waals surface area contributed by atoms with Gasteiger partial charge in [-0.15, -0.1) is 0 Å². The highest BCUT2D eigenvalue weighted by Gasteiger charge is 2.59. The molecule has 5 rings (SSSR count). The van der Waals surface area contributed by atoms with E-state index in [1.54, 1.807) is 0 Å². The molecule has 0 heterocycles. The number of fused-ring (bicyclic) bond motifs is 5. The lowest BCUT2D eigenvalue weighted by atomic mass is 9.46. The van der Waals surface area contributed by atoms with Gasteiger partial charge in [-0.3, -0.25) is 0 Å². The van der Waals surface area contributed by atoms with Crippen LogP contribution in [0.2, 0.25) is 0 Å². The average molecular weight is 365 g/mol. The highest BCUT2D eigenvalue weighted by molar-refractivity contribution is 5.15. The van der Waals surface area contributed by atoms with Gasteiger partial charge in [-0.1, -0.05) is 56.3 Å². The fourth-order valence-corrected chi connectivity index (χ4v) is 7.83. The summed E-state index contributed by atoms with van der Waals surface area (Å²) < 4.78 is 6.56. The molecule has 0 bridgehead atoms. The summed E-state index contributed by atoms with van der Waals surface area (Å²) in [7, 11) is 0. The maximum Gasteiger partial charge on any atom is 0.0720 e. The van der Waals surface area contributed by atoms with E-state index in [1.807, 2.05) is 0 Å². The Morgan fingerprint density at radius 3 is 2.56 bits per heavy atom. The maximum absolute atomic E-state index is 6.56. The molecule has 1 heteroatoms. The number of rotatable bonds is 3. The van der Waals surface area contributed by atoms with Gasteiger partial charge in [-0.05, 0) is 91.4 Å². The topological polar surface area (TPSA) is 9.23 Å². The highest BCUT2D eigenvalue weighted by Crippen LogP contribution is 2.66. The largest absolute Gasteiger partial charge is 0.373 e. The third-order valence-corrected chi connectivity index (χ3v) is 9.42. The van der Waals surface area contributed by atoms with E-state index < -0.39 is 0 Å². The van der Waals surface area contributed by atoms with Crippen molar-refractivity contribution in [3.05, 3.63) is 48.0 Å². The lowest BCUT2D eigenvalue weighted by Crippen LogP contribution is -2.53. The van der Waals surface area contributed by atoms with Crippen molar-refractivity contribution in [2.75, 3.05) is 0 Å². The fraction of sp³-hybridized carbons (Fsp3) is 0.692. The molecule has 0 saturated heterocycles. The second kappa shape index (κ2) is 6.76. The standard InChI is InChI=1S/C26H36O/c1-25-16-7-6-10-20(25)11-12-21-22-13-14-24(26(22,2)17-15-23(21)25)27-18-19-8-4-3-5-9-19/h3-9,20-24H,10-18H2,1-2H3/t20-,21+,22-,23-,24-,25-,26-/m0/s1. The van der Waals surface area contributed by atoms with Crippen LogP contribution in [-0.2, 0) is 11.3 Å². The van der Waals surface area contributed by atoms with Crippen LogP contribution in [0.15, 0.2) is 42.5 Å². The Morgan fingerprint density at radius 1 is 0.889 bits per heavy atom. The molecule has 0 unspecified atom stereocenters. The van der Waals surface area contributed by atoms with Crippen molar-refractivity contribution >= 4 is 0 Å². The average Bonchev–Trinajstić information content (AvgIpc) is 3.03. The molecule has 0 radical (unpaired) electrons. The number of benzene rings is 1.